The molecule has 0 N–H and O–H groups in total. The Hall–Kier alpha value is -1.57. The Kier molecular flexibility index (Phi) is 2.13. The van der Waals surface area contributed by atoms with Gasteiger partial charge in [-0.3, -0.25) is 0 Å². The molecule has 66 valence electrons. The Morgan fingerprint density at radius 1 is 1.23 bits per heavy atom. The summed E-state index contributed by atoms with van der Waals surface area (Å²) in [5.74, 6) is 0. The summed E-state index contributed by atoms with van der Waals surface area (Å²) in [4.78, 5) is 4.21. The van der Waals surface area contributed by atoms with Crippen molar-refractivity contribution in [3.05, 3.63) is 41.5 Å². The van der Waals surface area contributed by atoms with E-state index in [4.69, 9.17) is 4.74 Å². The van der Waals surface area contributed by atoms with Gasteiger partial charge < -0.3 is 4.74 Å². The Morgan fingerprint density at radius 2 is 2.00 bits per heavy atom. The highest BCUT2D eigenvalue weighted by atomic mass is 16.5. The van der Waals surface area contributed by atoms with Crippen LogP contribution in [0.3, 0.4) is 0 Å². The summed E-state index contributed by atoms with van der Waals surface area (Å²) in [5.41, 5.74) is 3.36. The Labute approximate surface area is 77.6 Å². The van der Waals surface area contributed by atoms with Crippen molar-refractivity contribution in [3.63, 3.8) is 0 Å². The maximum Gasteiger partial charge on any atom is 0.175 e. The van der Waals surface area contributed by atoms with E-state index in [0.29, 0.717) is 6.61 Å². The highest BCUT2D eigenvalue weighted by Gasteiger charge is 2.07. The third kappa shape index (κ3) is 1.61. The molecule has 1 heterocycles. The van der Waals surface area contributed by atoms with Crippen LogP contribution in [-0.2, 0) is 4.74 Å². The first-order valence-electron chi connectivity index (χ1n) is 4.27. The number of hydrogen-bond donors (Lipinski definition) is 0. The van der Waals surface area contributed by atoms with Crippen molar-refractivity contribution >= 4 is 12.1 Å². The second kappa shape index (κ2) is 3.44. The van der Waals surface area contributed by atoms with E-state index in [0.717, 1.165) is 11.3 Å². The van der Waals surface area contributed by atoms with Crippen molar-refractivity contribution in [2.75, 3.05) is 6.61 Å². The van der Waals surface area contributed by atoms with Crippen LogP contribution >= 0.6 is 0 Å². The summed E-state index contributed by atoms with van der Waals surface area (Å²) in [6, 6.07) is 10.1. The quantitative estimate of drug-likeness (QED) is 0.639. The zero-order valence-electron chi connectivity index (χ0n) is 7.53. The molecule has 0 unspecified atom stereocenters. The van der Waals surface area contributed by atoms with Crippen LogP contribution in [0.15, 0.2) is 40.9 Å². The fourth-order valence-electron chi connectivity index (χ4n) is 1.35. The van der Waals surface area contributed by atoms with Gasteiger partial charge in [-0.1, -0.05) is 30.3 Å². The lowest BCUT2D eigenvalue weighted by molar-refractivity contribution is 0.352. The van der Waals surface area contributed by atoms with Gasteiger partial charge >= 0.3 is 0 Å². The van der Waals surface area contributed by atoms with E-state index in [2.05, 4.69) is 17.1 Å². The van der Waals surface area contributed by atoms with E-state index in [1.54, 1.807) is 0 Å². The molecule has 0 aliphatic carbocycles. The van der Waals surface area contributed by atoms with Crippen LogP contribution in [0.2, 0.25) is 0 Å². The van der Waals surface area contributed by atoms with Crippen LogP contribution in [0.4, 0.5) is 0 Å². The summed E-state index contributed by atoms with van der Waals surface area (Å²) in [6.45, 7) is 2.69. The summed E-state index contributed by atoms with van der Waals surface area (Å²) >= 11 is 0. The summed E-state index contributed by atoms with van der Waals surface area (Å²) < 4.78 is 5.08. The van der Waals surface area contributed by atoms with Crippen molar-refractivity contribution in [1.82, 2.24) is 0 Å². The molecule has 1 aromatic rings. The molecule has 0 amide bonds. The van der Waals surface area contributed by atoms with Crippen LogP contribution in [0, 0.1) is 0 Å². The van der Waals surface area contributed by atoms with Gasteiger partial charge in [-0.15, -0.1) is 0 Å². The number of aliphatic imine (C=N–C) groups is 1. The van der Waals surface area contributed by atoms with Crippen LogP contribution in [0.5, 0.6) is 0 Å². The molecular formula is C11H11NO. The van der Waals surface area contributed by atoms with E-state index in [-0.39, 0.29) is 0 Å². The smallest absolute Gasteiger partial charge is 0.175 e. The highest BCUT2D eigenvalue weighted by Crippen LogP contribution is 2.21. The van der Waals surface area contributed by atoms with Crippen molar-refractivity contribution < 1.29 is 4.74 Å². The summed E-state index contributed by atoms with van der Waals surface area (Å²) in [6.07, 6.45) is 1.51. The molecule has 2 nitrogen and oxygen atoms in total. The van der Waals surface area contributed by atoms with Gasteiger partial charge in [0.25, 0.3) is 0 Å². The maximum absolute atomic E-state index is 5.08. The normalized spacial score (nSPS) is 15.8. The van der Waals surface area contributed by atoms with E-state index in [1.807, 2.05) is 25.1 Å². The van der Waals surface area contributed by atoms with Gasteiger partial charge in [0.1, 0.15) is 6.61 Å². The third-order valence-electron chi connectivity index (χ3n) is 2.01. The fourth-order valence-corrected chi connectivity index (χ4v) is 1.35. The summed E-state index contributed by atoms with van der Waals surface area (Å²) in [7, 11) is 0. The predicted octanol–water partition coefficient (Wildman–Crippen LogP) is 2.48. The lowest BCUT2D eigenvalue weighted by atomic mass is 10.1. The molecule has 1 aliphatic rings. The Bertz CT molecular complexity index is 352. The molecule has 0 radical (unpaired) electrons. The summed E-state index contributed by atoms with van der Waals surface area (Å²) in [5, 5.41) is 0. The highest BCUT2D eigenvalue weighted by molar-refractivity contribution is 5.75. The van der Waals surface area contributed by atoms with Crippen molar-refractivity contribution in [2.24, 2.45) is 4.99 Å². The van der Waals surface area contributed by atoms with E-state index >= 15 is 0 Å². The molecule has 0 atom stereocenters. The van der Waals surface area contributed by atoms with Gasteiger partial charge in [-0.05, 0) is 12.5 Å². The van der Waals surface area contributed by atoms with Crippen LogP contribution < -0.4 is 0 Å². The lowest BCUT2D eigenvalue weighted by Gasteiger charge is -2.12. The van der Waals surface area contributed by atoms with Crippen molar-refractivity contribution in [2.45, 2.75) is 6.92 Å². The number of benzene rings is 1. The number of rotatable bonds is 1. The fraction of sp³-hybridized carbons (Fsp3) is 0.182. The molecule has 0 aromatic heterocycles. The molecule has 2 rings (SSSR count). The standard InChI is InChI=1S/C11H11NO/c1-9-7-13-8-12-11(9)10-5-3-2-4-6-10/h2-6,8H,7H2,1H3. The van der Waals surface area contributed by atoms with Crippen molar-refractivity contribution in [3.8, 4) is 0 Å². The van der Waals surface area contributed by atoms with Gasteiger partial charge in [0.05, 0.1) is 5.70 Å². The van der Waals surface area contributed by atoms with Crippen LogP contribution in [0.1, 0.15) is 12.5 Å². The number of hydrogen-bond acceptors (Lipinski definition) is 2. The first-order chi connectivity index (χ1) is 6.38. The minimum Gasteiger partial charge on any atom is -0.479 e. The van der Waals surface area contributed by atoms with E-state index in [9.17, 15) is 0 Å². The van der Waals surface area contributed by atoms with Crippen LogP contribution in [0.25, 0.3) is 5.70 Å². The largest absolute Gasteiger partial charge is 0.479 e. The topological polar surface area (TPSA) is 21.6 Å². The molecule has 0 fully saturated rings. The molecule has 0 saturated carbocycles. The Morgan fingerprint density at radius 3 is 2.69 bits per heavy atom. The monoisotopic (exact) mass is 173 g/mol. The lowest BCUT2D eigenvalue weighted by Crippen LogP contribution is -2.02. The minimum atomic E-state index is 0.647. The van der Waals surface area contributed by atoms with Crippen molar-refractivity contribution in [1.29, 1.82) is 0 Å². The molecular weight excluding hydrogens is 162 g/mol. The molecule has 1 aliphatic heterocycles. The van der Waals surface area contributed by atoms with Gasteiger partial charge in [0, 0.05) is 5.56 Å². The van der Waals surface area contributed by atoms with Crippen LogP contribution in [-0.4, -0.2) is 13.0 Å². The maximum atomic E-state index is 5.08. The number of nitrogens with zero attached hydrogens (tertiary/aromatic N) is 1. The van der Waals surface area contributed by atoms with Gasteiger partial charge in [0.15, 0.2) is 6.40 Å². The van der Waals surface area contributed by atoms with Gasteiger partial charge in [0.2, 0.25) is 0 Å². The molecule has 0 spiro atoms. The first-order valence-corrected chi connectivity index (χ1v) is 4.27. The van der Waals surface area contributed by atoms with E-state index < -0.39 is 0 Å². The second-order valence-corrected chi connectivity index (χ2v) is 3.04. The van der Waals surface area contributed by atoms with Gasteiger partial charge in [-0.25, -0.2) is 4.99 Å². The molecule has 1 aromatic carbocycles. The minimum absolute atomic E-state index is 0.647. The van der Waals surface area contributed by atoms with E-state index in [1.165, 1.54) is 12.0 Å². The predicted molar refractivity (Wildman–Crippen MR) is 53.5 cm³/mol. The van der Waals surface area contributed by atoms with Gasteiger partial charge in [-0.2, -0.15) is 0 Å². The SMILES string of the molecule is CC1=C(c2ccccc2)N=COC1. The first kappa shape index (κ1) is 8.05. The molecule has 0 bridgehead atoms. The zero-order valence-corrected chi connectivity index (χ0v) is 7.53. The average molecular weight is 173 g/mol. The Balaban J connectivity index is 2.41. The third-order valence-corrected chi connectivity index (χ3v) is 2.01. The molecule has 13 heavy (non-hydrogen) atoms. The average Bonchev–Trinajstić information content (AvgIpc) is 2.20. The zero-order chi connectivity index (χ0) is 9.10. The molecule has 2 heteroatoms. The molecule has 0 saturated heterocycles. The second-order valence-electron chi connectivity index (χ2n) is 3.04. The number of ether oxygens (including phenoxy) is 1.